The van der Waals surface area contributed by atoms with Gasteiger partial charge in [-0.15, -0.1) is 0 Å². The van der Waals surface area contributed by atoms with Crippen LogP contribution in [0.25, 0.3) is 0 Å². The minimum absolute atomic E-state index is 0.0509. The Morgan fingerprint density at radius 1 is 1.10 bits per heavy atom. The van der Waals surface area contributed by atoms with E-state index in [0.717, 1.165) is 64.1 Å². The van der Waals surface area contributed by atoms with Crippen molar-refractivity contribution in [3.8, 4) is 0 Å². The van der Waals surface area contributed by atoms with Crippen LogP contribution in [0.4, 0.5) is 14.9 Å². The first-order valence-electron chi connectivity index (χ1n) is 11.4. The van der Waals surface area contributed by atoms with Gasteiger partial charge >= 0.3 is 6.03 Å². The summed E-state index contributed by atoms with van der Waals surface area (Å²) in [5.41, 5.74) is 0.790. The maximum Gasteiger partial charge on any atom is 0.317 e. The average Bonchev–Trinajstić information content (AvgIpc) is 3.03. The van der Waals surface area contributed by atoms with Gasteiger partial charge in [-0.05, 0) is 49.9 Å². The van der Waals surface area contributed by atoms with Crippen molar-refractivity contribution in [3.05, 3.63) is 30.1 Å². The summed E-state index contributed by atoms with van der Waals surface area (Å²) in [7, 11) is 3.59. The van der Waals surface area contributed by atoms with Gasteiger partial charge in [0.05, 0.1) is 5.41 Å². The van der Waals surface area contributed by atoms with Gasteiger partial charge in [-0.3, -0.25) is 9.69 Å². The third-order valence-corrected chi connectivity index (χ3v) is 7.51. The van der Waals surface area contributed by atoms with Crippen LogP contribution >= 0.6 is 0 Å². The molecule has 3 fully saturated rings. The van der Waals surface area contributed by atoms with Crippen molar-refractivity contribution in [2.75, 3.05) is 64.8 Å². The largest absolute Gasteiger partial charge is 0.369 e. The number of amides is 3. The number of nitrogens with zero attached hydrogens (tertiary/aromatic N) is 4. The van der Waals surface area contributed by atoms with Gasteiger partial charge in [-0.25, -0.2) is 9.18 Å². The fourth-order valence-corrected chi connectivity index (χ4v) is 5.44. The molecule has 0 bridgehead atoms. The van der Waals surface area contributed by atoms with Crippen LogP contribution in [0.3, 0.4) is 0 Å². The van der Waals surface area contributed by atoms with Crippen LogP contribution < -0.4 is 10.2 Å². The summed E-state index contributed by atoms with van der Waals surface area (Å²) in [5.74, 6) is 0.0601. The molecule has 3 aliphatic heterocycles. The Labute approximate surface area is 184 Å². The van der Waals surface area contributed by atoms with Gasteiger partial charge in [0.15, 0.2) is 0 Å². The zero-order valence-corrected chi connectivity index (χ0v) is 18.6. The molecule has 7 nitrogen and oxygen atoms in total. The first kappa shape index (κ1) is 21.9. The van der Waals surface area contributed by atoms with Crippen molar-refractivity contribution in [3.63, 3.8) is 0 Å². The number of urea groups is 1. The lowest BCUT2D eigenvalue weighted by Gasteiger charge is -2.37. The highest BCUT2D eigenvalue weighted by Gasteiger charge is 2.51. The van der Waals surface area contributed by atoms with Gasteiger partial charge in [0, 0.05) is 71.6 Å². The van der Waals surface area contributed by atoms with Crippen molar-refractivity contribution in [1.29, 1.82) is 0 Å². The molecule has 1 aromatic rings. The maximum atomic E-state index is 13.2. The molecule has 1 N–H and O–H groups in total. The molecule has 0 radical (unpaired) electrons. The Hall–Kier alpha value is -2.35. The lowest BCUT2D eigenvalue weighted by Crippen LogP contribution is -2.48. The number of halogens is 1. The number of hydrogen-bond acceptors (Lipinski definition) is 4. The van der Waals surface area contributed by atoms with E-state index in [1.165, 1.54) is 12.1 Å². The van der Waals surface area contributed by atoms with Crippen molar-refractivity contribution in [2.24, 2.45) is 5.41 Å². The minimum atomic E-state index is -0.286. The summed E-state index contributed by atoms with van der Waals surface area (Å²) in [5, 5.41) is 2.68. The van der Waals surface area contributed by atoms with Crippen LogP contribution in [0, 0.1) is 11.2 Å². The molecule has 1 atom stereocenters. The summed E-state index contributed by atoms with van der Waals surface area (Å²) >= 11 is 0. The highest BCUT2D eigenvalue weighted by Crippen LogP contribution is 2.44. The summed E-state index contributed by atoms with van der Waals surface area (Å²) < 4.78 is 13.2. The number of likely N-dealkylation sites (tertiary alicyclic amines) is 2. The Balaban J connectivity index is 1.25. The molecule has 1 aromatic carbocycles. The van der Waals surface area contributed by atoms with Crippen molar-refractivity contribution in [2.45, 2.75) is 31.7 Å². The SMILES string of the molecule is CNC(=O)N1CCC2(CC1)C[C@H](CCN1CCN(c3ccc(F)cc3)CC1)N(C)C2=O. The molecule has 1 spiro atoms. The van der Waals surface area contributed by atoms with Crippen LogP contribution in [-0.2, 0) is 4.79 Å². The molecule has 31 heavy (non-hydrogen) atoms. The molecule has 0 aliphatic carbocycles. The van der Waals surface area contributed by atoms with E-state index >= 15 is 0 Å². The van der Waals surface area contributed by atoms with E-state index in [2.05, 4.69) is 15.1 Å². The number of anilines is 1. The summed E-state index contributed by atoms with van der Waals surface area (Å²) in [6.07, 6.45) is 3.41. The van der Waals surface area contributed by atoms with E-state index < -0.39 is 0 Å². The third kappa shape index (κ3) is 4.49. The number of hydrogen-bond donors (Lipinski definition) is 1. The smallest absolute Gasteiger partial charge is 0.317 e. The van der Waals surface area contributed by atoms with Crippen LogP contribution in [0.15, 0.2) is 24.3 Å². The fourth-order valence-electron chi connectivity index (χ4n) is 5.44. The number of nitrogens with one attached hydrogen (secondary N) is 1. The highest BCUT2D eigenvalue weighted by molar-refractivity contribution is 5.85. The molecule has 0 unspecified atom stereocenters. The molecule has 3 amide bonds. The second-order valence-electron chi connectivity index (χ2n) is 9.19. The van der Waals surface area contributed by atoms with Crippen LogP contribution in [0.2, 0.25) is 0 Å². The molecule has 170 valence electrons. The van der Waals surface area contributed by atoms with Crippen molar-refractivity contribution < 1.29 is 14.0 Å². The molecular weight excluding hydrogens is 397 g/mol. The Morgan fingerprint density at radius 2 is 1.74 bits per heavy atom. The number of carbonyl (C=O) groups excluding carboxylic acids is 2. The predicted octanol–water partition coefficient (Wildman–Crippen LogP) is 1.99. The van der Waals surface area contributed by atoms with E-state index in [-0.39, 0.29) is 29.2 Å². The molecule has 0 saturated carbocycles. The number of benzene rings is 1. The quantitative estimate of drug-likeness (QED) is 0.792. The van der Waals surface area contributed by atoms with Crippen molar-refractivity contribution in [1.82, 2.24) is 20.0 Å². The first-order chi connectivity index (χ1) is 14.9. The number of rotatable bonds is 4. The number of piperidine rings is 1. The zero-order chi connectivity index (χ0) is 22.0. The van der Waals surface area contributed by atoms with Gasteiger partial charge in [0.25, 0.3) is 0 Å². The average molecular weight is 432 g/mol. The van der Waals surface area contributed by atoms with E-state index in [4.69, 9.17) is 0 Å². The van der Waals surface area contributed by atoms with Crippen molar-refractivity contribution >= 4 is 17.6 Å². The molecule has 0 aromatic heterocycles. The fraction of sp³-hybridized carbons (Fsp3) is 0.652. The molecule has 3 aliphatic rings. The molecule has 8 heteroatoms. The van der Waals surface area contributed by atoms with Crippen LogP contribution in [-0.4, -0.2) is 92.6 Å². The minimum Gasteiger partial charge on any atom is -0.369 e. The topological polar surface area (TPSA) is 59.1 Å². The van der Waals surface area contributed by atoms with Gasteiger partial charge < -0.3 is 20.0 Å². The summed E-state index contributed by atoms with van der Waals surface area (Å²) in [6, 6.07) is 6.95. The Bertz CT molecular complexity index is 786. The standard InChI is InChI=1S/C23H34FN5O2/c1-25-22(31)29-11-8-23(9-12-29)17-20(26(2)21(23)30)7-10-27-13-15-28(16-14-27)19-5-3-18(24)4-6-19/h3-6,20H,7-17H2,1-2H3,(H,25,31)/t20-/m0/s1. The zero-order valence-electron chi connectivity index (χ0n) is 18.6. The molecule has 3 heterocycles. The molecule has 3 saturated heterocycles. The summed E-state index contributed by atoms with van der Waals surface area (Å²) in [6.45, 7) is 6.12. The number of piperazine rings is 1. The number of carbonyl (C=O) groups is 2. The second kappa shape index (κ2) is 9.02. The third-order valence-electron chi connectivity index (χ3n) is 7.51. The van der Waals surface area contributed by atoms with Crippen LogP contribution in [0.1, 0.15) is 25.7 Å². The first-order valence-corrected chi connectivity index (χ1v) is 11.4. The van der Waals surface area contributed by atoms with E-state index in [1.807, 2.05) is 29.0 Å². The van der Waals surface area contributed by atoms with Gasteiger partial charge in [-0.1, -0.05) is 0 Å². The van der Waals surface area contributed by atoms with Gasteiger partial charge in [0.1, 0.15) is 5.82 Å². The lowest BCUT2D eigenvalue weighted by atomic mass is 9.75. The van der Waals surface area contributed by atoms with Gasteiger partial charge in [0.2, 0.25) is 5.91 Å². The Morgan fingerprint density at radius 3 is 2.35 bits per heavy atom. The van der Waals surface area contributed by atoms with E-state index in [1.54, 1.807) is 7.05 Å². The second-order valence-corrected chi connectivity index (χ2v) is 9.19. The van der Waals surface area contributed by atoms with E-state index in [0.29, 0.717) is 13.1 Å². The van der Waals surface area contributed by atoms with Gasteiger partial charge in [-0.2, -0.15) is 0 Å². The van der Waals surface area contributed by atoms with E-state index in [9.17, 15) is 14.0 Å². The Kier molecular flexibility index (Phi) is 6.36. The van der Waals surface area contributed by atoms with Crippen LogP contribution in [0.5, 0.6) is 0 Å². The molecular formula is C23H34FN5O2. The maximum absolute atomic E-state index is 13.2. The summed E-state index contributed by atoms with van der Waals surface area (Å²) in [4.78, 5) is 33.5. The predicted molar refractivity (Wildman–Crippen MR) is 119 cm³/mol. The highest BCUT2D eigenvalue weighted by atomic mass is 19.1. The molecule has 4 rings (SSSR count). The normalized spacial score (nSPS) is 24.2. The monoisotopic (exact) mass is 431 g/mol. The lowest BCUT2D eigenvalue weighted by molar-refractivity contribution is -0.137.